The summed E-state index contributed by atoms with van der Waals surface area (Å²) in [5.41, 5.74) is 1.04. The summed E-state index contributed by atoms with van der Waals surface area (Å²) in [6, 6.07) is 13.1. The van der Waals surface area contributed by atoms with Crippen molar-refractivity contribution in [2.45, 2.75) is 38.4 Å². The van der Waals surface area contributed by atoms with Crippen LogP contribution in [0.25, 0.3) is 0 Å². The van der Waals surface area contributed by atoms with Gasteiger partial charge < -0.3 is 0 Å². The molecule has 1 aliphatic carbocycles. The average Bonchev–Trinajstić information content (AvgIpc) is 2.70. The molecule has 1 saturated carbocycles. The Bertz CT molecular complexity index is 1000. The molecule has 0 unspecified atom stereocenters. The zero-order valence-electron chi connectivity index (χ0n) is 16.2. The van der Waals surface area contributed by atoms with Crippen LogP contribution in [-0.2, 0) is 20.6 Å². The molecule has 2 aromatic rings. The molecule has 3 rings (SSSR count). The lowest BCUT2D eigenvalue weighted by atomic mass is 9.82. The average molecular weight is 415 g/mol. The number of benzene rings is 2. The number of nitriles is 1. The molecule has 0 bridgehead atoms. The van der Waals surface area contributed by atoms with Crippen LogP contribution in [0.4, 0.5) is 10.1 Å². The highest BCUT2D eigenvalue weighted by molar-refractivity contribution is 7.92. The molecule has 0 saturated heterocycles. The zero-order chi connectivity index (χ0) is 21.0. The highest BCUT2D eigenvalue weighted by Crippen LogP contribution is 2.32. The Balaban J connectivity index is 1.93. The summed E-state index contributed by atoms with van der Waals surface area (Å²) in [4.78, 5) is 13.2. The van der Waals surface area contributed by atoms with Crippen LogP contribution in [0, 0.1) is 29.0 Å². The Labute approximate surface area is 170 Å². The summed E-state index contributed by atoms with van der Waals surface area (Å²) < 4.78 is 40.7. The molecule has 152 valence electrons. The largest absolute Gasteiger partial charge is 0.273 e. The molecule has 5 nitrogen and oxygen atoms in total. The molecule has 29 heavy (non-hydrogen) atoms. The van der Waals surface area contributed by atoms with Gasteiger partial charge in [0.15, 0.2) is 0 Å². The third-order valence-corrected chi connectivity index (χ3v) is 6.98. The Hall–Kier alpha value is -2.72. The van der Waals surface area contributed by atoms with Gasteiger partial charge in [-0.1, -0.05) is 19.1 Å². The van der Waals surface area contributed by atoms with Crippen LogP contribution in [0.1, 0.15) is 43.7 Å². The monoisotopic (exact) mass is 414 g/mol. The van der Waals surface area contributed by atoms with Crippen LogP contribution in [0.3, 0.4) is 0 Å². The quantitative estimate of drug-likeness (QED) is 0.727. The number of hydrogen-bond donors (Lipinski definition) is 0. The van der Waals surface area contributed by atoms with Crippen LogP contribution in [-0.4, -0.2) is 14.3 Å². The number of carbonyl (C=O) groups excluding carboxylic acids is 1. The van der Waals surface area contributed by atoms with E-state index in [-0.39, 0.29) is 17.4 Å². The van der Waals surface area contributed by atoms with E-state index in [0.29, 0.717) is 29.9 Å². The maximum absolute atomic E-state index is 13.4. The molecule has 1 amide bonds. The van der Waals surface area contributed by atoms with E-state index in [1.807, 2.05) is 6.07 Å². The Morgan fingerprint density at radius 3 is 2.21 bits per heavy atom. The second-order valence-electron chi connectivity index (χ2n) is 7.60. The smallest absolute Gasteiger partial charge is 0.245 e. The van der Waals surface area contributed by atoms with E-state index in [0.717, 1.165) is 29.3 Å². The lowest BCUT2D eigenvalue weighted by molar-refractivity contribution is -0.122. The van der Waals surface area contributed by atoms with Crippen molar-refractivity contribution in [1.29, 1.82) is 5.26 Å². The van der Waals surface area contributed by atoms with Gasteiger partial charge in [0.25, 0.3) is 0 Å². The fourth-order valence-electron chi connectivity index (χ4n) is 3.62. The third-order valence-electron chi connectivity index (χ3n) is 5.34. The van der Waals surface area contributed by atoms with Gasteiger partial charge in [0.1, 0.15) is 5.82 Å². The van der Waals surface area contributed by atoms with Gasteiger partial charge in [-0.15, -0.1) is 0 Å². The molecule has 0 N–H and O–H groups in total. The van der Waals surface area contributed by atoms with Gasteiger partial charge in [0.05, 0.1) is 23.1 Å². The molecule has 1 aliphatic rings. The van der Waals surface area contributed by atoms with E-state index in [1.54, 1.807) is 12.1 Å². The van der Waals surface area contributed by atoms with Crippen LogP contribution in [0.5, 0.6) is 0 Å². The predicted octanol–water partition coefficient (Wildman–Crippen LogP) is 4.39. The van der Waals surface area contributed by atoms with Crippen molar-refractivity contribution in [1.82, 2.24) is 0 Å². The van der Waals surface area contributed by atoms with Crippen molar-refractivity contribution >= 4 is 21.6 Å². The first-order chi connectivity index (χ1) is 13.8. The number of anilines is 1. The molecule has 7 heteroatoms. The van der Waals surface area contributed by atoms with Gasteiger partial charge in [0, 0.05) is 5.92 Å². The van der Waals surface area contributed by atoms with Crippen molar-refractivity contribution in [3.8, 4) is 6.07 Å². The SMILES string of the molecule is CC1CCC(C(=O)N(c2ccc(F)cc2)S(=O)(=O)Cc2ccc(C#N)cc2)CC1. The van der Waals surface area contributed by atoms with E-state index >= 15 is 0 Å². The topological polar surface area (TPSA) is 78.2 Å². The van der Waals surface area contributed by atoms with E-state index in [9.17, 15) is 17.6 Å². The molecule has 2 aromatic carbocycles. The van der Waals surface area contributed by atoms with E-state index in [4.69, 9.17) is 5.26 Å². The zero-order valence-corrected chi connectivity index (χ0v) is 17.0. The Morgan fingerprint density at radius 1 is 1.07 bits per heavy atom. The fourth-order valence-corrected chi connectivity index (χ4v) is 5.23. The molecule has 0 aromatic heterocycles. The molecular weight excluding hydrogens is 391 g/mol. The molecule has 0 heterocycles. The maximum Gasteiger partial charge on any atom is 0.245 e. The predicted molar refractivity (Wildman–Crippen MR) is 109 cm³/mol. The summed E-state index contributed by atoms with van der Waals surface area (Å²) in [6.45, 7) is 2.13. The number of rotatable bonds is 5. The van der Waals surface area contributed by atoms with Gasteiger partial charge in [-0.25, -0.2) is 17.1 Å². The van der Waals surface area contributed by atoms with Crippen molar-refractivity contribution in [2.75, 3.05) is 4.31 Å². The van der Waals surface area contributed by atoms with Gasteiger partial charge in [0.2, 0.25) is 15.9 Å². The molecule has 0 spiro atoms. The summed E-state index contributed by atoms with van der Waals surface area (Å²) in [7, 11) is -4.04. The second kappa shape index (κ2) is 8.75. The molecular formula is C22H23FN2O3S. The van der Waals surface area contributed by atoms with Crippen molar-refractivity contribution in [3.63, 3.8) is 0 Å². The van der Waals surface area contributed by atoms with Crippen LogP contribution < -0.4 is 4.31 Å². The van der Waals surface area contributed by atoms with Crippen molar-refractivity contribution < 1.29 is 17.6 Å². The summed E-state index contributed by atoms with van der Waals surface area (Å²) in [5, 5.41) is 8.90. The normalized spacial score (nSPS) is 19.3. The first-order valence-electron chi connectivity index (χ1n) is 9.61. The Morgan fingerprint density at radius 2 is 1.66 bits per heavy atom. The van der Waals surface area contributed by atoms with Crippen LogP contribution >= 0.6 is 0 Å². The first-order valence-corrected chi connectivity index (χ1v) is 11.2. The molecule has 0 atom stereocenters. The number of amides is 1. The van der Waals surface area contributed by atoms with Gasteiger partial charge >= 0.3 is 0 Å². The lowest BCUT2D eigenvalue weighted by Gasteiger charge is -2.30. The highest BCUT2D eigenvalue weighted by Gasteiger charge is 2.35. The van der Waals surface area contributed by atoms with Gasteiger partial charge in [-0.2, -0.15) is 5.26 Å². The lowest BCUT2D eigenvalue weighted by Crippen LogP contribution is -2.42. The minimum Gasteiger partial charge on any atom is -0.273 e. The second-order valence-corrected chi connectivity index (χ2v) is 9.42. The van der Waals surface area contributed by atoms with Crippen molar-refractivity contribution in [3.05, 3.63) is 65.5 Å². The number of sulfonamides is 1. The first kappa shape index (κ1) is 21.0. The van der Waals surface area contributed by atoms with E-state index < -0.39 is 21.7 Å². The fraction of sp³-hybridized carbons (Fsp3) is 0.364. The minimum absolute atomic E-state index is 0.142. The van der Waals surface area contributed by atoms with E-state index in [1.165, 1.54) is 24.3 Å². The summed E-state index contributed by atoms with van der Waals surface area (Å²) in [5.74, 6) is -1.19. The van der Waals surface area contributed by atoms with E-state index in [2.05, 4.69) is 6.92 Å². The molecule has 0 aliphatic heterocycles. The number of nitrogens with zero attached hydrogens (tertiary/aromatic N) is 2. The minimum atomic E-state index is -4.04. The summed E-state index contributed by atoms with van der Waals surface area (Å²) >= 11 is 0. The number of carbonyl (C=O) groups is 1. The number of halogens is 1. The third kappa shape index (κ3) is 5.01. The van der Waals surface area contributed by atoms with Gasteiger partial charge in [-0.3, -0.25) is 4.79 Å². The molecule has 0 radical (unpaired) electrons. The molecule has 1 fully saturated rings. The van der Waals surface area contributed by atoms with Crippen molar-refractivity contribution in [2.24, 2.45) is 11.8 Å². The van der Waals surface area contributed by atoms with Crippen LogP contribution in [0.2, 0.25) is 0 Å². The summed E-state index contributed by atoms with van der Waals surface area (Å²) in [6.07, 6.45) is 3.04. The van der Waals surface area contributed by atoms with Crippen LogP contribution in [0.15, 0.2) is 48.5 Å². The number of hydrogen-bond acceptors (Lipinski definition) is 4. The Kier molecular flexibility index (Phi) is 6.33. The maximum atomic E-state index is 13.4. The van der Waals surface area contributed by atoms with Gasteiger partial charge in [-0.05, 0) is 73.6 Å². The standard InChI is InChI=1S/C22H23FN2O3S/c1-16-2-8-19(9-3-16)22(26)25(21-12-10-20(23)11-13-21)29(27,28)15-18-6-4-17(14-24)5-7-18/h4-7,10-13,16,19H,2-3,8-9,15H2,1H3. The highest BCUT2D eigenvalue weighted by atomic mass is 32.2.